The molecule has 11 aromatic rings. The molecule has 0 N–H and O–H groups in total. The molecule has 3 heteroatoms. The van der Waals surface area contributed by atoms with Crippen molar-refractivity contribution in [2.24, 2.45) is 0 Å². The Morgan fingerprint density at radius 3 is 1.75 bits per heavy atom. The molecule has 2 aromatic heterocycles. The van der Waals surface area contributed by atoms with Gasteiger partial charge in [-0.15, -0.1) is 22.7 Å². The van der Waals surface area contributed by atoms with Crippen LogP contribution in [-0.2, 0) is 5.41 Å². The molecule has 0 fully saturated rings. The second kappa shape index (κ2) is 12.5. The number of benzene rings is 9. The lowest BCUT2D eigenvalue weighted by Crippen LogP contribution is -2.29. The first-order chi connectivity index (χ1) is 28.2. The van der Waals surface area contributed by atoms with Crippen molar-refractivity contribution in [3.63, 3.8) is 0 Å². The number of hydrogen-bond acceptors (Lipinski definition) is 3. The fourth-order valence-corrected chi connectivity index (χ4v) is 12.1. The third-order valence-electron chi connectivity index (χ3n) is 12.2. The van der Waals surface area contributed by atoms with Crippen LogP contribution in [0, 0.1) is 6.92 Å². The number of nitrogens with zero attached hydrogens (tertiary/aromatic N) is 1. The molecule has 0 radical (unpaired) electrons. The molecule has 1 aliphatic carbocycles. The van der Waals surface area contributed by atoms with Gasteiger partial charge in [0.25, 0.3) is 0 Å². The lowest BCUT2D eigenvalue weighted by molar-refractivity contribution is 0.768. The highest BCUT2D eigenvalue weighted by Crippen LogP contribution is 2.60. The smallest absolute Gasteiger partial charge is 0.0714 e. The van der Waals surface area contributed by atoms with E-state index in [9.17, 15) is 0 Å². The van der Waals surface area contributed by atoms with Gasteiger partial charge < -0.3 is 4.90 Å². The predicted octanol–water partition coefficient (Wildman–Crippen LogP) is 15.7. The van der Waals surface area contributed by atoms with E-state index < -0.39 is 5.41 Å². The maximum Gasteiger partial charge on any atom is 0.0714 e. The van der Waals surface area contributed by atoms with Crippen molar-refractivity contribution in [2.45, 2.75) is 12.3 Å². The van der Waals surface area contributed by atoms with E-state index in [4.69, 9.17) is 0 Å². The summed E-state index contributed by atoms with van der Waals surface area (Å²) in [6.45, 7) is 2.23. The van der Waals surface area contributed by atoms with Crippen molar-refractivity contribution >= 4 is 90.9 Å². The first-order valence-electron chi connectivity index (χ1n) is 19.6. The van der Waals surface area contributed by atoms with Crippen LogP contribution < -0.4 is 4.90 Å². The Bertz CT molecular complexity index is 3330. The van der Waals surface area contributed by atoms with Crippen LogP contribution in [0.3, 0.4) is 0 Å². The van der Waals surface area contributed by atoms with Gasteiger partial charge in [-0.1, -0.05) is 157 Å². The standard InChI is InChI=1S/C54H35NS2/c1-34-27-29-42-44(31-34)54(35-15-4-2-5-16-35,36-17-6-3-7-18-36)45-33-47(38-19-8-9-21-41(38)52(42)45)55(37-28-30-40-39-20-10-12-24-48(39)57-51(40)32-37)46-23-14-26-50-53(46)43-22-11-13-25-49(43)56-50/h2-33H,1H3. The summed E-state index contributed by atoms with van der Waals surface area (Å²) >= 11 is 3.75. The maximum absolute atomic E-state index is 2.57. The Morgan fingerprint density at radius 2 is 1.00 bits per heavy atom. The van der Waals surface area contributed by atoms with Crippen molar-refractivity contribution in [1.82, 2.24) is 0 Å². The van der Waals surface area contributed by atoms with Gasteiger partial charge in [0.15, 0.2) is 0 Å². The SMILES string of the molecule is Cc1ccc2c(c1)C(c1ccccc1)(c1ccccc1)c1cc(N(c3ccc4c(c3)sc3ccccc34)c3cccc4sc5ccccc5c34)c3ccccc3c1-2. The number of anilines is 3. The molecule has 0 bridgehead atoms. The maximum atomic E-state index is 2.57. The summed E-state index contributed by atoms with van der Waals surface area (Å²) in [4.78, 5) is 2.57. The van der Waals surface area contributed by atoms with Crippen molar-refractivity contribution in [1.29, 1.82) is 0 Å². The number of aryl methyl sites for hydroxylation is 1. The van der Waals surface area contributed by atoms with E-state index >= 15 is 0 Å². The van der Waals surface area contributed by atoms with Gasteiger partial charge in [-0.3, -0.25) is 0 Å². The fraction of sp³-hybridized carbons (Fsp3) is 0.0370. The van der Waals surface area contributed by atoms with Crippen molar-refractivity contribution in [3.05, 3.63) is 222 Å². The van der Waals surface area contributed by atoms with Crippen LogP contribution in [0.4, 0.5) is 17.1 Å². The monoisotopic (exact) mass is 761 g/mol. The third kappa shape index (κ3) is 4.67. The molecule has 12 rings (SSSR count). The van der Waals surface area contributed by atoms with Gasteiger partial charge in [0.05, 0.1) is 16.8 Å². The van der Waals surface area contributed by atoms with E-state index in [-0.39, 0.29) is 0 Å². The number of hydrogen-bond donors (Lipinski definition) is 0. The quantitative estimate of drug-likeness (QED) is 0.169. The second-order valence-corrected chi connectivity index (χ2v) is 17.4. The highest BCUT2D eigenvalue weighted by atomic mass is 32.1. The molecule has 0 atom stereocenters. The zero-order valence-corrected chi connectivity index (χ0v) is 32.9. The van der Waals surface area contributed by atoms with Gasteiger partial charge in [0.1, 0.15) is 0 Å². The van der Waals surface area contributed by atoms with E-state index in [0.717, 1.165) is 5.69 Å². The molecule has 2 heterocycles. The molecule has 0 saturated carbocycles. The number of fused-ring (bicyclic) bond motifs is 11. The molecular weight excluding hydrogens is 727 g/mol. The highest BCUT2D eigenvalue weighted by Gasteiger charge is 2.47. The Labute approximate surface area is 339 Å². The summed E-state index contributed by atoms with van der Waals surface area (Å²) in [5.41, 5.74) is 12.0. The highest BCUT2D eigenvalue weighted by molar-refractivity contribution is 7.26. The van der Waals surface area contributed by atoms with Crippen LogP contribution in [0.5, 0.6) is 0 Å². The molecule has 1 nitrogen and oxygen atoms in total. The van der Waals surface area contributed by atoms with Gasteiger partial charge in [-0.25, -0.2) is 0 Å². The number of thiophene rings is 2. The largest absolute Gasteiger partial charge is 0.309 e. The molecule has 57 heavy (non-hydrogen) atoms. The average molecular weight is 762 g/mol. The van der Waals surface area contributed by atoms with Gasteiger partial charge in [-0.05, 0) is 88.2 Å². The summed E-state index contributed by atoms with van der Waals surface area (Å²) in [5.74, 6) is 0. The van der Waals surface area contributed by atoms with Crippen molar-refractivity contribution in [2.75, 3.05) is 4.90 Å². The summed E-state index contributed by atoms with van der Waals surface area (Å²) in [6, 6.07) is 72.8. The fourth-order valence-electron chi connectivity index (χ4n) is 9.83. The summed E-state index contributed by atoms with van der Waals surface area (Å²) in [7, 11) is 0. The van der Waals surface area contributed by atoms with Crippen molar-refractivity contribution < 1.29 is 0 Å². The molecule has 0 saturated heterocycles. The summed E-state index contributed by atoms with van der Waals surface area (Å²) in [5, 5.41) is 7.68. The normalized spacial score (nSPS) is 13.1. The van der Waals surface area contributed by atoms with E-state index in [1.165, 1.54) is 101 Å². The molecule has 0 amide bonds. The predicted molar refractivity (Wildman–Crippen MR) is 246 cm³/mol. The van der Waals surface area contributed by atoms with Gasteiger partial charge in [0.2, 0.25) is 0 Å². The van der Waals surface area contributed by atoms with Gasteiger partial charge >= 0.3 is 0 Å². The lowest BCUT2D eigenvalue weighted by Gasteiger charge is -2.35. The van der Waals surface area contributed by atoms with Crippen LogP contribution in [0.2, 0.25) is 0 Å². The first-order valence-corrected chi connectivity index (χ1v) is 21.2. The first kappa shape index (κ1) is 32.7. The third-order valence-corrected chi connectivity index (χ3v) is 14.4. The minimum absolute atomic E-state index is 0.541. The number of rotatable bonds is 5. The van der Waals surface area contributed by atoms with Crippen LogP contribution in [0.25, 0.3) is 62.2 Å². The van der Waals surface area contributed by atoms with Crippen LogP contribution in [0.1, 0.15) is 27.8 Å². The zero-order valence-electron chi connectivity index (χ0n) is 31.2. The van der Waals surface area contributed by atoms with Gasteiger partial charge in [-0.2, -0.15) is 0 Å². The zero-order chi connectivity index (χ0) is 37.7. The average Bonchev–Trinajstić information content (AvgIpc) is 3.92. The molecular formula is C54H35NS2. The van der Waals surface area contributed by atoms with Crippen molar-refractivity contribution in [3.8, 4) is 11.1 Å². The van der Waals surface area contributed by atoms with E-state index in [1.54, 1.807) is 0 Å². The van der Waals surface area contributed by atoms with Crippen LogP contribution in [-0.4, -0.2) is 0 Å². The Morgan fingerprint density at radius 1 is 0.404 bits per heavy atom. The minimum Gasteiger partial charge on any atom is -0.309 e. The lowest BCUT2D eigenvalue weighted by atomic mass is 9.67. The molecule has 0 unspecified atom stereocenters. The topological polar surface area (TPSA) is 3.24 Å². The summed E-state index contributed by atoms with van der Waals surface area (Å²) in [6.07, 6.45) is 0. The van der Waals surface area contributed by atoms with Crippen LogP contribution >= 0.6 is 22.7 Å². The Hall–Kier alpha value is -6.52. The van der Waals surface area contributed by atoms with E-state index in [0.29, 0.717) is 0 Å². The molecule has 268 valence electrons. The summed E-state index contributed by atoms with van der Waals surface area (Å²) < 4.78 is 5.19. The minimum atomic E-state index is -0.541. The second-order valence-electron chi connectivity index (χ2n) is 15.3. The van der Waals surface area contributed by atoms with Gasteiger partial charge in [0, 0.05) is 51.4 Å². The molecule has 0 spiro atoms. The Balaban J connectivity index is 1.25. The van der Waals surface area contributed by atoms with Crippen LogP contribution in [0.15, 0.2) is 194 Å². The molecule has 9 aromatic carbocycles. The molecule has 0 aliphatic heterocycles. The molecule has 1 aliphatic rings. The van der Waals surface area contributed by atoms with E-state index in [1.807, 2.05) is 22.7 Å². The van der Waals surface area contributed by atoms with E-state index in [2.05, 4.69) is 206 Å². The Kier molecular flexibility index (Phi) is 7.17.